The van der Waals surface area contributed by atoms with Crippen molar-refractivity contribution in [2.24, 2.45) is 17.6 Å². The fraction of sp³-hybridized carbons (Fsp3) is 0.333. The van der Waals surface area contributed by atoms with Gasteiger partial charge in [-0.1, -0.05) is 6.07 Å². The maximum atomic E-state index is 14.0. The number of phenols is 1. The molecule has 3 aliphatic rings. The summed E-state index contributed by atoms with van der Waals surface area (Å²) in [6.45, 7) is 1.42. The second-order valence-electron chi connectivity index (χ2n) is 10.9. The highest BCUT2D eigenvalue weighted by molar-refractivity contribution is 6.24. The van der Waals surface area contributed by atoms with Crippen molar-refractivity contribution in [2.75, 3.05) is 21.2 Å². The summed E-state index contributed by atoms with van der Waals surface area (Å²) in [5.41, 5.74) is 3.44. The minimum Gasteiger partial charge on any atom is -0.508 e. The van der Waals surface area contributed by atoms with E-state index in [1.807, 2.05) is 0 Å². The minimum atomic E-state index is -2.71. The van der Waals surface area contributed by atoms with E-state index in [4.69, 9.17) is 10.5 Å². The zero-order valence-corrected chi connectivity index (χ0v) is 22.9. The number of nitrogens with two attached hydrogens (primary N) is 1. The van der Waals surface area contributed by atoms with Gasteiger partial charge in [0.2, 0.25) is 5.78 Å². The number of ketones is 3. The van der Waals surface area contributed by atoms with Crippen LogP contribution in [0.15, 0.2) is 47.2 Å². The number of amides is 1. The summed E-state index contributed by atoms with van der Waals surface area (Å²) < 4.78 is 5.53. The van der Waals surface area contributed by atoms with Crippen molar-refractivity contribution in [2.45, 2.75) is 31.4 Å². The molecule has 0 bridgehead atoms. The highest BCUT2D eigenvalue weighted by atomic mass is 16.5. The van der Waals surface area contributed by atoms with Crippen molar-refractivity contribution >= 4 is 29.0 Å². The number of benzene rings is 2. The number of aliphatic hydroxyl groups excluding tert-OH is 2. The van der Waals surface area contributed by atoms with E-state index in [-0.39, 0.29) is 35.5 Å². The zero-order valence-electron chi connectivity index (χ0n) is 22.9. The molecule has 2 aromatic carbocycles. The molecule has 1 amide bonds. The number of ether oxygens (including phenoxy) is 1. The molecule has 2 aromatic rings. The van der Waals surface area contributed by atoms with E-state index in [9.17, 15) is 39.6 Å². The molecule has 1 saturated carbocycles. The van der Waals surface area contributed by atoms with Gasteiger partial charge < -0.3 is 30.9 Å². The van der Waals surface area contributed by atoms with Crippen LogP contribution in [0.3, 0.4) is 0 Å². The Morgan fingerprint density at radius 2 is 1.76 bits per heavy atom. The van der Waals surface area contributed by atoms with Gasteiger partial charge in [-0.15, -0.1) is 0 Å². The fourth-order valence-corrected chi connectivity index (χ4v) is 6.63. The van der Waals surface area contributed by atoms with E-state index < -0.39 is 58.0 Å². The maximum Gasteiger partial charge on any atom is 0.255 e. The molecule has 214 valence electrons. The molecule has 6 N–H and O–H groups in total. The van der Waals surface area contributed by atoms with Crippen LogP contribution >= 0.6 is 0 Å². The number of likely N-dealkylation sites (N-methyl/N-ethyl adjacent to an activating group) is 1. The minimum absolute atomic E-state index is 0.0362. The molecule has 0 saturated heterocycles. The first kappa shape index (κ1) is 28.1. The lowest BCUT2D eigenvalue weighted by Gasteiger charge is -2.50. The SMILES string of the molecule is COc1ccc(C(C)=O)cc1-c1ccc(O)c2c1C[C@H]1C[C@H]3[C@H](N(C)C)C(=O)C(C(N)=O)=C(O)[C@@]3(O)C(=O)C1=C2O. The predicted molar refractivity (Wildman–Crippen MR) is 146 cm³/mol. The summed E-state index contributed by atoms with van der Waals surface area (Å²) in [6.07, 6.45) is 0.0667. The van der Waals surface area contributed by atoms with Gasteiger partial charge in [0.25, 0.3) is 5.91 Å². The molecule has 41 heavy (non-hydrogen) atoms. The summed E-state index contributed by atoms with van der Waals surface area (Å²) >= 11 is 0. The number of hydrogen-bond acceptors (Lipinski definition) is 10. The average Bonchev–Trinajstić information content (AvgIpc) is 2.90. The monoisotopic (exact) mass is 562 g/mol. The van der Waals surface area contributed by atoms with Gasteiger partial charge in [0.15, 0.2) is 17.2 Å². The van der Waals surface area contributed by atoms with Crippen molar-refractivity contribution in [3.63, 3.8) is 0 Å². The molecule has 0 heterocycles. The number of carbonyl (C=O) groups excluding carboxylic acids is 4. The molecule has 1 fully saturated rings. The third kappa shape index (κ3) is 3.87. The Morgan fingerprint density at radius 1 is 1.07 bits per heavy atom. The Morgan fingerprint density at radius 3 is 2.34 bits per heavy atom. The predicted octanol–water partition coefficient (Wildman–Crippen LogP) is 1.84. The summed E-state index contributed by atoms with van der Waals surface area (Å²) in [7, 11) is 4.55. The molecular weight excluding hydrogens is 532 g/mol. The number of primary amides is 1. The summed E-state index contributed by atoms with van der Waals surface area (Å²) in [5, 5.41) is 45.0. The topological polar surface area (TPSA) is 188 Å². The van der Waals surface area contributed by atoms with E-state index >= 15 is 0 Å². The van der Waals surface area contributed by atoms with Crippen LogP contribution in [0.4, 0.5) is 0 Å². The quantitative estimate of drug-likeness (QED) is 0.266. The Hall–Kier alpha value is -4.48. The number of nitrogens with zero attached hydrogens (tertiary/aromatic N) is 1. The first-order valence-electron chi connectivity index (χ1n) is 12.9. The molecule has 11 heteroatoms. The Labute approximate surface area is 235 Å². The molecular formula is C30H30N2O9. The van der Waals surface area contributed by atoms with Gasteiger partial charge in [-0.2, -0.15) is 0 Å². The lowest BCUT2D eigenvalue weighted by Crippen LogP contribution is -2.65. The van der Waals surface area contributed by atoms with E-state index in [2.05, 4.69) is 0 Å². The number of aromatic hydroxyl groups is 1. The molecule has 0 unspecified atom stereocenters. The van der Waals surface area contributed by atoms with Crippen molar-refractivity contribution < 1.29 is 44.3 Å². The highest BCUT2D eigenvalue weighted by Gasteiger charge is 2.64. The van der Waals surface area contributed by atoms with Crippen LogP contribution in [0.25, 0.3) is 16.9 Å². The Balaban J connectivity index is 1.76. The van der Waals surface area contributed by atoms with Crippen LogP contribution in [-0.2, 0) is 20.8 Å². The lowest BCUT2D eigenvalue weighted by molar-refractivity contribution is -0.153. The number of phenolic OH excluding ortho intramolecular Hbond substituents is 1. The standard InChI is InChI=1S/C30H30N2O9/c1-12(33)13-5-8-20(41-4)16(9-13)15-6-7-19(34)22-17(15)10-14-11-18-24(32(2)3)26(36)23(29(31)39)28(38)30(18,40)27(37)21(14)25(22)35/h5-9,14,18,24,34-35,38,40H,10-11H2,1-4H3,(H2,31,39)/t14-,18-,24-,30-/m0/s1. The number of rotatable bonds is 5. The molecule has 0 radical (unpaired) electrons. The highest BCUT2D eigenvalue weighted by Crippen LogP contribution is 2.54. The van der Waals surface area contributed by atoms with Crippen LogP contribution in [0.1, 0.15) is 34.8 Å². The molecule has 3 aliphatic carbocycles. The summed E-state index contributed by atoms with van der Waals surface area (Å²) in [4.78, 5) is 53.0. The first-order chi connectivity index (χ1) is 19.2. The third-order valence-electron chi connectivity index (χ3n) is 8.50. The third-order valence-corrected chi connectivity index (χ3v) is 8.50. The zero-order chi connectivity index (χ0) is 30.1. The van der Waals surface area contributed by atoms with Gasteiger partial charge in [-0.05, 0) is 75.2 Å². The smallest absolute Gasteiger partial charge is 0.255 e. The first-order valence-corrected chi connectivity index (χ1v) is 12.9. The van der Waals surface area contributed by atoms with Gasteiger partial charge in [0, 0.05) is 22.6 Å². The summed E-state index contributed by atoms with van der Waals surface area (Å²) in [6, 6.07) is 6.68. The van der Waals surface area contributed by atoms with Gasteiger partial charge in [-0.3, -0.25) is 24.1 Å². The molecule has 4 atom stereocenters. The lowest BCUT2D eigenvalue weighted by atomic mass is 9.57. The van der Waals surface area contributed by atoms with Crippen molar-refractivity contribution in [1.82, 2.24) is 4.90 Å². The Bertz CT molecular complexity index is 1620. The number of methoxy groups -OCH3 is 1. The summed E-state index contributed by atoms with van der Waals surface area (Å²) in [5.74, 6) is -6.93. The normalized spacial score (nSPS) is 25.6. The van der Waals surface area contributed by atoms with Crippen molar-refractivity contribution in [1.29, 1.82) is 0 Å². The molecule has 0 aliphatic heterocycles. The number of aliphatic hydroxyl groups is 3. The number of Topliss-reactive ketones (excluding diaryl/α,β-unsaturated/α-hetero) is 3. The molecule has 11 nitrogen and oxygen atoms in total. The van der Waals surface area contributed by atoms with Crippen LogP contribution in [0.5, 0.6) is 11.5 Å². The van der Waals surface area contributed by atoms with Crippen molar-refractivity contribution in [3.05, 3.63) is 63.9 Å². The van der Waals surface area contributed by atoms with Crippen LogP contribution < -0.4 is 10.5 Å². The van der Waals surface area contributed by atoms with Gasteiger partial charge in [0.05, 0.1) is 18.7 Å². The van der Waals surface area contributed by atoms with E-state index in [0.29, 0.717) is 28.0 Å². The van der Waals surface area contributed by atoms with E-state index in [1.54, 1.807) is 24.3 Å². The van der Waals surface area contributed by atoms with E-state index in [0.717, 1.165) is 0 Å². The average molecular weight is 563 g/mol. The van der Waals surface area contributed by atoms with Gasteiger partial charge in [0.1, 0.15) is 28.6 Å². The van der Waals surface area contributed by atoms with Crippen LogP contribution in [0, 0.1) is 11.8 Å². The fourth-order valence-electron chi connectivity index (χ4n) is 6.63. The largest absolute Gasteiger partial charge is 0.508 e. The second kappa shape index (κ2) is 9.57. The molecule has 5 rings (SSSR count). The number of fused-ring (bicyclic) bond motifs is 3. The number of carbonyl (C=O) groups is 4. The Kier molecular flexibility index (Phi) is 6.55. The van der Waals surface area contributed by atoms with Crippen LogP contribution in [0.2, 0.25) is 0 Å². The van der Waals surface area contributed by atoms with E-state index in [1.165, 1.54) is 39.1 Å². The number of hydrogen-bond donors (Lipinski definition) is 5. The molecule has 0 spiro atoms. The van der Waals surface area contributed by atoms with Gasteiger partial charge in [-0.25, -0.2) is 0 Å². The maximum absolute atomic E-state index is 14.0. The van der Waals surface area contributed by atoms with Gasteiger partial charge >= 0.3 is 0 Å². The van der Waals surface area contributed by atoms with Crippen LogP contribution in [-0.4, -0.2) is 81.4 Å². The second-order valence-corrected chi connectivity index (χ2v) is 10.9. The van der Waals surface area contributed by atoms with Crippen molar-refractivity contribution in [3.8, 4) is 22.6 Å². The molecule has 0 aromatic heterocycles.